The third kappa shape index (κ3) is 3.35. The molecule has 1 fully saturated rings. The minimum Gasteiger partial charge on any atom is -0.389 e. The van der Waals surface area contributed by atoms with Crippen LogP contribution in [-0.4, -0.2) is 45.5 Å². The molecule has 5 heteroatoms. The zero-order chi connectivity index (χ0) is 14.8. The van der Waals surface area contributed by atoms with Crippen molar-refractivity contribution in [3.05, 3.63) is 16.4 Å². The third-order valence-corrected chi connectivity index (χ3v) is 4.77. The molecule has 1 N–H and O–H groups in total. The van der Waals surface area contributed by atoms with E-state index in [1.807, 2.05) is 4.68 Å². The first-order chi connectivity index (χ1) is 9.49. The van der Waals surface area contributed by atoms with Crippen LogP contribution >= 0.6 is 11.6 Å². The lowest BCUT2D eigenvalue weighted by atomic mass is 9.89. The molecule has 0 radical (unpaired) electrons. The molecule has 4 nitrogen and oxygen atoms in total. The lowest BCUT2D eigenvalue weighted by Gasteiger charge is -2.27. The van der Waals surface area contributed by atoms with Gasteiger partial charge in [0.1, 0.15) is 0 Å². The zero-order valence-electron chi connectivity index (χ0n) is 12.8. The Morgan fingerprint density at radius 3 is 2.70 bits per heavy atom. The van der Waals surface area contributed by atoms with E-state index in [-0.39, 0.29) is 0 Å². The average Bonchev–Trinajstić information content (AvgIpc) is 2.61. The molecule has 0 bridgehead atoms. The molecule has 1 unspecified atom stereocenters. The van der Waals surface area contributed by atoms with Crippen LogP contribution in [0.25, 0.3) is 0 Å². The van der Waals surface area contributed by atoms with Gasteiger partial charge in [0.05, 0.1) is 22.0 Å². The predicted octanol–water partition coefficient (Wildman–Crippen LogP) is 2.51. The van der Waals surface area contributed by atoms with E-state index in [1.54, 1.807) is 0 Å². The van der Waals surface area contributed by atoms with Gasteiger partial charge in [0.2, 0.25) is 0 Å². The van der Waals surface area contributed by atoms with Crippen LogP contribution in [0.4, 0.5) is 0 Å². The molecule has 20 heavy (non-hydrogen) atoms. The topological polar surface area (TPSA) is 41.3 Å². The van der Waals surface area contributed by atoms with Crippen molar-refractivity contribution in [3.8, 4) is 0 Å². The molecule has 1 aliphatic rings. The van der Waals surface area contributed by atoms with Crippen LogP contribution in [0.5, 0.6) is 0 Å². The standard InChI is InChI=1S/C15H26ClN3O/c1-4-12-14(16)13(19(5-2)17-12)11-15(20)7-6-9-18(3)10-8-15/h20H,4-11H2,1-3H3. The fourth-order valence-electron chi connectivity index (χ4n) is 2.99. The average molecular weight is 300 g/mol. The largest absolute Gasteiger partial charge is 0.389 e. The molecule has 1 aliphatic heterocycles. The Kier molecular flexibility index (Phi) is 5.10. The summed E-state index contributed by atoms with van der Waals surface area (Å²) in [5.74, 6) is 0. The molecule has 1 aromatic rings. The van der Waals surface area contributed by atoms with E-state index in [4.69, 9.17) is 11.6 Å². The van der Waals surface area contributed by atoms with Crippen molar-refractivity contribution in [1.82, 2.24) is 14.7 Å². The fourth-order valence-corrected chi connectivity index (χ4v) is 3.32. The summed E-state index contributed by atoms with van der Waals surface area (Å²) < 4.78 is 1.95. The first-order valence-corrected chi connectivity index (χ1v) is 8.02. The first-order valence-electron chi connectivity index (χ1n) is 7.64. The number of hydrogen-bond acceptors (Lipinski definition) is 3. The highest BCUT2D eigenvalue weighted by molar-refractivity contribution is 6.31. The van der Waals surface area contributed by atoms with Gasteiger partial charge in [-0.3, -0.25) is 4.68 Å². The number of aryl methyl sites for hydroxylation is 2. The number of aliphatic hydroxyl groups is 1. The Hall–Kier alpha value is -0.580. The van der Waals surface area contributed by atoms with Gasteiger partial charge in [-0.2, -0.15) is 5.10 Å². The van der Waals surface area contributed by atoms with Gasteiger partial charge in [-0.1, -0.05) is 18.5 Å². The van der Waals surface area contributed by atoms with Gasteiger partial charge in [0.25, 0.3) is 0 Å². The molecule has 1 saturated heterocycles. The Labute approximate surface area is 126 Å². The molecule has 114 valence electrons. The highest BCUT2D eigenvalue weighted by Gasteiger charge is 2.32. The van der Waals surface area contributed by atoms with Gasteiger partial charge < -0.3 is 10.0 Å². The summed E-state index contributed by atoms with van der Waals surface area (Å²) in [6, 6.07) is 0. The highest BCUT2D eigenvalue weighted by Crippen LogP contribution is 2.30. The van der Waals surface area contributed by atoms with E-state index in [9.17, 15) is 5.11 Å². The van der Waals surface area contributed by atoms with E-state index >= 15 is 0 Å². The SMILES string of the molecule is CCc1nn(CC)c(CC2(O)CCCN(C)CC2)c1Cl. The maximum absolute atomic E-state index is 10.9. The van der Waals surface area contributed by atoms with Crippen molar-refractivity contribution < 1.29 is 5.11 Å². The second-order valence-electron chi connectivity index (χ2n) is 5.93. The second-order valence-corrected chi connectivity index (χ2v) is 6.31. The van der Waals surface area contributed by atoms with E-state index in [1.165, 1.54) is 0 Å². The molecule has 2 rings (SSSR count). The zero-order valence-corrected chi connectivity index (χ0v) is 13.6. The summed E-state index contributed by atoms with van der Waals surface area (Å²) in [5, 5.41) is 16.2. The van der Waals surface area contributed by atoms with E-state index in [2.05, 4.69) is 30.9 Å². The van der Waals surface area contributed by atoms with Crippen LogP contribution in [0.2, 0.25) is 5.02 Å². The molecule has 0 aliphatic carbocycles. The van der Waals surface area contributed by atoms with E-state index in [0.717, 1.165) is 61.7 Å². The normalized spacial score (nSPS) is 24.9. The number of likely N-dealkylation sites (tertiary alicyclic amines) is 1. The highest BCUT2D eigenvalue weighted by atomic mass is 35.5. The van der Waals surface area contributed by atoms with Crippen LogP contribution < -0.4 is 0 Å². The lowest BCUT2D eigenvalue weighted by Crippen LogP contribution is -2.33. The number of nitrogens with zero attached hydrogens (tertiary/aromatic N) is 3. The first kappa shape index (κ1) is 15.8. The predicted molar refractivity (Wildman–Crippen MR) is 82.3 cm³/mol. The van der Waals surface area contributed by atoms with Crippen LogP contribution in [0.1, 0.15) is 44.5 Å². The Morgan fingerprint density at radius 2 is 2.05 bits per heavy atom. The van der Waals surface area contributed by atoms with Crippen molar-refractivity contribution in [1.29, 1.82) is 0 Å². The van der Waals surface area contributed by atoms with Gasteiger partial charge in [-0.25, -0.2) is 0 Å². The summed E-state index contributed by atoms with van der Waals surface area (Å²) in [6.45, 7) is 6.92. The van der Waals surface area contributed by atoms with Gasteiger partial charge in [-0.05, 0) is 46.2 Å². The number of halogens is 1. The molecule has 2 heterocycles. The van der Waals surface area contributed by atoms with Crippen molar-refractivity contribution >= 4 is 11.6 Å². The molecular weight excluding hydrogens is 274 g/mol. The summed E-state index contributed by atoms with van der Waals surface area (Å²) in [4.78, 5) is 2.29. The van der Waals surface area contributed by atoms with Crippen molar-refractivity contribution in [2.45, 2.75) is 58.1 Å². The fraction of sp³-hybridized carbons (Fsp3) is 0.800. The Bertz CT molecular complexity index is 460. The van der Waals surface area contributed by atoms with Crippen LogP contribution in [0.15, 0.2) is 0 Å². The Morgan fingerprint density at radius 1 is 1.30 bits per heavy atom. The minimum absolute atomic E-state index is 0.612. The summed E-state index contributed by atoms with van der Waals surface area (Å²) in [5.41, 5.74) is 1.29. The molecular formula is C15H26ClN3O. The summed E-state index contributed by atoms with van der Waals surface area (Å²) in [6.07, 6.45) is 4.12. The smallest absolute Gasteiger partial charge is 0.0850 e. The van der Waals surface area contributed by atoms with Crippen molar-refractivity contribution in [2.24, 2.45) is 0 Å². The van der Waals surface area contributed by atoms with Gasteiger partial charge in [0.15, 0.2) is 0 Å². The minimum atomic E-state index is -0.646. The molecule has 1 aromatic heterocycles. The summed E-state index contributed by atoms with van der Waals surface area (Å²) in [7, 11) is 2.12. The maximum atomic E-state index is 10.9. The number of rotatable bonds is 4. The van der Waals surface area contributed by atoms with Crippen molar-refractivity contribution in [2.75, 3.05) is 20.1 Å². The van der Waals surface area contributed by atoms with Gasteiger partial charge in [0, 0.05) is 19.5 Å². The lowest BCUT2D eigenvalue weighted by molar-refractivity contribution is 0.0244. The molecule has 1 atom stereocenters. The van der Waals surface area contributed by atoms with E-state index < -0.39 is 5.60 Å². The molecule has 0 saturated carbocycles. The monoisotopic (exact) mass is 299 g/mol. The molecule has 0 spiro atoms. The third-order valence-electron chi connectivity index (χ3n) is 4.33. The van der Waals surface area contributed by atoms with Crippen LogP contribution in [-0.2, 0) is 19.4 Å². The van der Waals surface area contributed by atoms with Crippen LogP contribution in [0.3, 0.4) is 0 Å². The summed E-state index contributed by atoms with van der Waals surface area (Å²) >= 11 is 6.45. The van der Waals surface area contributed by atoms with Gasteiger partial charge >= 0.3 is 0 Å². The maximum Gasteiger partial charge on any atom is 0.0850 e. The quantitative estimate of drug-likeness (QED) is 0.929. The second kappa shape index (κ2) is 6.46. The van der Waals surface area contributed by atoms with Crippen molar-refractivity contribution in [3.63, 3.8) is 0 Å². The van der Waals surface area contributed by atoms with E-state index in [0.29, 0.717) is 6.42 Å². The molecule has 0 amide bonds. The number of hydrogen-bond donors (Lipinski definition) is 1. The molecule has 0 aromatic carbocycles. The van der Waals surface area contributed by atoms with Crippen LogP contribution in [0, 0.1) is 0 Å². The van der Waals surface area contributed by atoms with Gasteiger partial charge in [-0.15, -0.1) is 0 Å². The number of aromatic nitrogens is 2. The Balaban J connectivity index is 2.21.